The Kier molecular flexibility index (Phi) is 5.48. The van der Waals surface area contributed by atoms with Crippen molar-refractivity contribution in [2.45, 2.75) is 34.2 Å². The van der Waals surface area contributed by atoms with Crippen LogP contribution in [-0.4, -0.2) is 9.78 Å². The lowest BCUT2D eigenvalue weighted by atomic mass is 10.0. The monoisotopic (exact) mass is 418 g/mol. The van der Waals surface area contributed by atoms with Crippen molar-refractivity contribution < 1.29 is 4.39 Å². The number of nitrogens with zero attached hydrogens (tertiary/aromatic N) is 2. The molecular formula is C26H24ClFN2. The molecule has 4 heteroatoms. The van der Waals surface area contributed by atoms with Crippen molar-refractivity contribution in [2.75, 3.05) is 0 Å². The molecule has 0 aliphatic carbocycles. The van der Waals surface area contributed by atoms with Crippen LogP contribution in [0.5, 0.6) is 0 Å². The molecule has 0 radical (unpaired) electrons. The molecule has 0 unspecified atom stereocenters. The van der Waals surface area contributed by atoms with E-state index in [2.05, 4.69) is 70.2 Å². The number of aryl methyl sites for hydroxylation is 4. The first-order chi connectivity index (χ1) is 14.3. The summed E-state index contributed by atoms with van der Waals surface area (Å²) in [4.78, 5) is 0. The van der Waals surface area contributed by atoms with Gasteiger partial charge >= 0.3 is 0 Å². The van der Waals surface area contributed by atoms with E-state index in [1.54, 1.807) is 6.07 Å². The summed E-state index contributed by atoms with van der Waals surface area (Å²) in [5, 5.41) is 5.31. The fraction of sp³-hybridized carbons (Fsp3) is 0.192. The highest BCUT2D eigenvalue weighted by molar-refractivity contribution is 6.31. The fourth-order valence-corrected chi connectivity index (χ4v) is 3.75. The maximum Gasteiger partial charge on any atom is 0.124 e. The maximum absolute atomic E-state index is 13.5. The highest BCUT2D eigenvalue weighted by atomic mass is 35.5. The Morgan fingerprint density at radius 2 is 1.40 bits per heavy atom. The molecule has 0 amide bonds. The van der Waals surface area contributed by atoms with Gasteiger partial charge in [-0.2, -0.15) is 5.10 Å². The van der Waals surface area contributed by atoms with Crippen LogP contribution in [0.3, 0.4) is 0 Å². The predicted octanol–water partition coefficient (Wildman–Crippen LogP) is 7.29. The van der Waals surface area contributed by atoms with Gasteiger partial charge in [-0.05, 0) is 85.8 Å². The van der Waals surface area contributed by atoms with Gasteiger partial charge in [-0.15, -0.1) is 0 Å². The van der Waals surface area contributed by atoms with E-state index in [-0.39, 0.29) is 5.82 Å². The van der Waals surface area contributed by atoms with E-state index < -0.39 is 0 Å². The van der Waals surface area contributed by atoms with E-state index in [0.717, 1.165) is 28.1 Å². The lowest BCUT2D eigenvalue weighted by Crippen LogP contribution is -2.05. The van der Waals surface area contributed by atoms with Gasteiger partial charge in [0.05, 0.1) is 17.9 Å². The molecule has 3 aromatic carbocycles. The second-order valence-corrected chi connectivity index (χ2v) is 8.31. The molecule has 0 atom stereocenters. The third kappa shape index (κ3) is 4.03. The lowest BCUT2D eigenvalue weighted by Gasteiger charge is -2.11. The summed E-state index contributed by atoms with van der Waals surface area (Å²) in [5.74, 6) is -0.339. The molecule has 0 aliphatic heterocycles. The normalized spacial score (nSPS) is 11.1. The predicted molar refractivity (Wildman–Crippen MR) is 123 cm³/mol. The number of aromatic nitrogens is 2. The van der Waals surface area contributed by atoms with Crippen LogP contribution in [0.25, 0.3) is 22.5 Å². The molecule has 0 N–H and O–H groups in total. The zero-order valence-electron chi connectivity index (χ0n) is 17.6. The fourth-order valence-electron chi connectivity index (χ4n) is 3.52. The van der Waals surface area contributed by atoms with E-state index in [1.807, 2.05) is 4.68 Å². The summed E-state index contributed by atoms with van der Waals surface area (Å²) in [6.45, 7) is 8.90. The van der Waals surface area contributed by atoms with Gasteiger partial charge in [0.1, 0.15) is 5.82 Å². The molecule has 0 fully saturated rings. The molecular weight excluding hydrogens is 395 g/mol. The van der Waals surface area contributed by atoms with Crippen LogP contribution in [0, 0.1) is 33.5 Å². The van der Waals surface area contributed by atoms with Crippen molar-refractivity contribution in [2.24, 2.45) is 0 Å². The molecule has 0 saturated carbocycles. The number of halogens is 2. The van der Waals surface area contributed by atoms with Gasteiger partial charge in [-0.3, -0.25) is 4.68 Å². The second-order valence-electron chi connectivity index (χ2n) is 7.91. The molecule has 0 spiro atoms. The maximum atomic E-state index is 13.5. The molecule has 1 heterocycles. The van der Waals surface area contributed by atoms with Crippen molar-refractivity contribution in [1.82, 2.24) is 9.78 Å². The Bertz CT molecular complexity index is 1240. The van der Waals surface area contributed by atoms with Gasteiger partial charge in [0.2, 0.25) is 0 Å². The summed E-state index contributed by atoms with van der Waals surface area (Å²) < 4.78 is 15.5. The van der Waals surface area contributed by atoms with Crippen molar-refractivity contribution in [3.63, 3.8) is 0 Å². The Morgan fingerprint density at radius 3 is 2.03 bits per heavy atom. The van der Waals surface area contributed by atoms with Crippen LogP contribution < -0.4 is 0 Å². The zero-order chi connectivity index (χ0) is 21.4. The largest absolute Gasteiger partial charge is 0.260 e. The van der Waals surface area contributed by atoms with Crippen molar-refractivity contribution >= 4 is 11.6 Å². The molecule has 0 bridgehead atoms. The lowest BCUT2D eigenvalue weighted by molar-refractivity contribution is 0.625. The van der Waals surface area contributed by atoms with E-state index in [4.69, 9.17) is 16.7 Å². The first kappa shape index (κ1) is 20.4. The van der Waals surface area contributed by atoms with Gasteiger partial charge in [-0.25, -0.2) is 4.39 Å². The van der Waals surface area contributed by atoms with Gasteiger partial charge in [0.25, 0.3) is 0 Å². The third-order valence-corrected chi connectivity index (χ3v) is 6.07. The van der Waals surface area contributed by atoms with Crippen LogP contribution in [0.15, 0.2) is 60.7 Å². The Morgan fingerprint density at radius 1 is 0.767 bits per heavy atom. The summed E-state index contributed by atoms with van der Waals surface area (Å²) >= 11 is 6.30. The summed E-state index contributed by atoms with van der Waals surface area (Å²) in [6.07, 6.45) is 0. The minimum atomic E-state index is -0.339. The van der Waals surface area contributed by atoms with Crippen LogP contribution in [-0.2, 0) is 6.54 Å². The molecule has 0 saturated heterocycles. The summed E-state index contributed by atoms with van der Waals surface area (Å²) in [7, 11) is 0. The number of benzene rings is 3. The van der Waals surface area contributed by atoms with Crippen molar-refractivity contribution in [1.29, 1.82) is 0 Å². The summed E-state index contributed by atoms with van der Waals surface area (Å²) in [5.41, 5.74) is 9.89. The van der Waals surface area contributed by atoms with Gasteiger partial charge in [0.15, 0.2) is 0 Å². The molecule has 4 rings (SSSR count). The highest BCUT2D eigenvalue weighted by Crippen LogP contribution is 2.30. The molecule has 30 heavy (non-hydrogen) atoms. The Hall–Kier alpha value is -2.91. The zero-order valence-corrected chi connectivity index (χ0v) is 18.4. The van der Waals surface area contributed by atoms with Gasteiger partial charge < -0.3 is 0 Å². The van der Waals surface area contributed by atoms with E-state index in [0.29, 0.717) is 11.6 Å². The van der Waals surface area contributed by atoms with E-state index >= 15 is 0 Å². The molecule has 0 aliphatic rings. The minimum absolute atomic E-state index is 0.339. The molecule has 4 aromatic rings. The second kappa shape index (κ2) is 8.08. The first-order valence-corrected chi connectivity index (χ1v) is 10.4. The molecule has 2 nitrogen and oxygen atoms in total. The van der Waals surface area contributed by atoms with Crippen LogP contribution >= 0.6 is 11.6 Å². The Labute approximate surface area is 182 Å². The van der Waals surface area contributed by atoms with E-state index in [9.17, 15) is 4.39 Å². The van der Waals surface area contributed by atoms with Gasteiger partial charge in [0, 0.05) is 16.1 Å². The molecule has 1 aromatic heterocycles. The SMILES string of the molecule is Cc1ccc(-c2cc(-c3ccc(C)c(C)c3)n(Cc3ccc(F)cc3Cl)n2)cc1C. The van der Waals surface area contributed by atoms with Crippen molar-refractivity contribution in [3.05, 3.63) is 99.3 Å². The topological polar surface area (TPSA) is 17.8 Å². The standard InChI is InChI=1S/C26H24ClFN2/c1-16-5-7-20(11-18(16)3)25-14-26(21-8-6-17(2)19(4)12-21)30(29-25)15-22-9-10-23(28)13-24(22)27/h5-14H,15H2,1-4H3. The quantitative estimate of drug-likeness (QED) is 0.340. The third-order valence-electron chi connectivity index (χ3n) is 5.72. The average Bonchev–Trinajstić information content (AvgIpc) is 3.12. The number of rotatable bonds is 4. The van der Waals surface area contributed by atoms with Crippen LogP contribution in [0.1, 0.15) is 27.8 Å². The van der Waals surface area contributed by atoms with Crippen LogP contribution in [0.2, 0.25) is 5.02 Å². The van der Waals surface area contributed by atoms with Gasteiger partial charge in [-0.1, -0.05) is 41.9 Å². The highest BCUT2D eigenvalue weighted by Gasteiger charge is 2.14. The molecule has 152 valence electrons. The Balaban J connectivity index is 1.84. The number of hydrogen-bond donors (Lipinski definition) is 0. The summed E-state index contributed by atoms with van der Waals surface area (Å²) in [6, 6.07) is 19.4. The van der Waals surface area contributed by atoms with E-state index in [1.165, 1.54) is 34.4 Å². The average molecular weight is 419 g/mol. The number of hydrogen-bond acceptors (Lipinski definition) is 1. The smallest absolute Gasteiger partial charge is 0.124 e. The first-order valence-electron chi connectivity index (χ1n) is 9.99. The van der Waals surface area contributed by atoms with Crippen molar-refractivity contribution in [3.8, 4) is 22.5 Å². The van der Waals surface area contributed by atoms with Crippen LogP contribution in [0.4, 0.5) is 4.39 Å². The minimum Gasteiger partial charge on any atom is -0.260 e.